The fourth-order valence-corrected chi connectivity index (χ4v) is 3.76. The maximum atomic E-state index is 13.0. The van der Waals surface area contributed by atoms with Gasteiger partial charge in [-0.25, -0.2) is 9.97 Å². The Morgan fingerprint density at radius 1 is 1.10 bits per heavy atom. The lowest BCUT2D eigenvalue weighted by atomic mass is 10.0. The molecule has 10 heteroatoms. The predicted molar refractivity (Wildman–Crippen MR) is 98.5 cm³/mol. The smallest absolute Gasteiger partial charge is 0.350 e. The number of hydrogen-bond acceptors (Lipinski definition) is 5. The lowest BCUT2D eigenvalue weighted by molar-refractivity contribution is -0.141. The van der Waals surface area contributed by atoms with E-state index in [1.54, 1.807) is 11.0 Å². The average molecular weight is 407 g/mol. The number of aromatic nitrogens is 3. The van der Waals surface area contributed by atoms with Gasteiger partial charge >= 0.3 is 6.18 Å². The van der Waals surface area contributed by atoms with Crippen LogP contribution in [-0.2, 0) is 6.18 Å². The molecule has 1 aliphatic carbocycles. The van der Waals surface area contributed by atoms with Crippen LogP contribution >= 0.6 is 0 Å². The van der Waals surface area contributed by atoms with Crippen molar-refractivity contribution in [1.29, 1.82) is 0 Å². The zero-order chi connectivity index (χ0) is 20.6. The van der Waals surface area contributed by atoms with E-state index in [-0.39, 0.29) is 35.1 Å². The number of likely N-dealkylation sites (tertiary alicyclic amines) is 1. The number of hydrogen-bond donors (Lipinski definition) is 1. The molecule has 2 aliphatic rings. The number of aromatic amines is 1. The molecule has 2 fully saturated rings. The van der Waals surface area contributed by atoms with E-state index in [1.807, 2.05) is 4.90 Å². The molecule has 2 aromatic rings. The van der Waals surface area contributed by atoms with Gasteiger partial charge in [0.05, 0.1) is 0 Å². The van der Waals surface area contributed by atoms with Gasteiger partial charge in [-0.05, 0) is 31.7 Å². The van der Waals surface area contributed by atoms with Crippen molar-refractivity contribution in [2.45, 2.75) is 43.9 Å². The number of pyridine rings is 1. The third-order valence-corrected chi connectivity index (χ3v) is 5.29. The van der Waals surface area contributed by atoms with E-state index in [9.17, 15) is 22.8 Å². The van der Waals surface area contributed by atoms with Gasteiger partial charge in [0, 0.05) is 37.3 Å². The van der Waals surface area contributed by atoms with Crippen molar-refractivity contribution in [2.75, 3.05) is 18.0 Å². The minimum atomic E-state index is -4.52. The Bertz CT molecular complexity index is 949. The zero-order valence-corrected chi connectivity index (χ0v) is 15.5. The third-order valence-electron chi connectivity index (χ3n) is 5.29. The molecule has 29 heavy (non-hydrogen) atoms. The van der Waals surface area contributed by atoms with Gasteiger partial charge in [0.2, 0.25) is 5.56 Å². The van der Waals surface area contributed by atoms with Crippen LogP contribution in [-0.4, -0.2) is 50.9 Å². The van der Waals surface area contributed by atoms with Crippen LogP contribution in [0.1, 0.15) is 41.9 Å². The quantitative estimate of drug-likeness (QED) is 0.842. The van der Waals surface area contributed by atoms with Crippen molar-refractivity contribution in [3.8, 4) is 0 Å². The Morgan fingerprint density at radius 2 is 1.79 bits per heavy atom. The normalized spacial score (nSPS) is 18.0. The van der Waals surface area contributed by atoms with Crippen molar-refractivity contribution >= 4 is 11.7 Å². The second kappa shape index (κ2) is 7.49. The third kappa shape index (κ3) is 4.25. The second-order valence-corrected chi connectivity index (χ2v) is 7.35. The summed E-state index contributed by atoms with van der Waals surface area (Å²) in [5, 5.41) is 0. The van der Waals surface area contributed by atoms with Crippen LogP contribution < -0.4 is 10.5 Å². The van der Waals surface area contributed by atoms with Gasteiger partial charge in [-0.2, -0.15) is 13.2 Å². The molecule has 1 aliphatic heterocycles. The SMILES string of the molecule is O=C(c1cccc(=O)[nH]1)N1CCC(N(c2cc(C(F)(F)F)ncn2)C2CC2)CC1. The summed E-state index contributed by atoms with van der Waals surface area (Å²) in [7, 11) is 0. The minimum Gasteiger partial charge on any atom is -0.350 e. The van der Waals surface area contributed by atoms with E-state index in [0.29, 0.717) is 25.9 Å². The van der Waals surface area contributed by atoms with E-state index in [4.69, 9.17) is 0 Å². The van der Waals surface area contributed by atoms with Crippen molar-refractivity contribution in [3.63, 3.8) is 0 Å². The molecule has 3 heterocycles. The Morgan fingerprint density at radius 3 is 2.41 bits per heavy atom. The van der Waals surface area contributed by atoms with Crippen LogP contribution in [0.5, 0.6) is 0 Å². The molecule has 1 amide bonds. The van der Waals surface area contributed by atoms with E-state index in [0.717, 1.165) is 25.2 Å². The van der Waals surface area contributed by atoms with Crippen LogP contribution in [0.2, 0.25) is 0 Å². The fraction of sp³-hybridized carbons (Fsp3) is 0.474. The van der Waals surface area contributed by atoms with Gasteiger partial charge in [0.1, 0.15) is 23.5 Å². The summed E-state index contributed by atoms with van der Waals surface area (Å²) in [5.74, 6) is 0.0347. The second-order valence-electron chi connectivity index (χ2n) is 7.35. The number of carbonyl (C=O) groups excluding carboxylic acids is 1. The highest BCUT2D eigenvalue weighted by Crippen LogP contribution is 2.37. The van der Waals surface area contributed by atoms with Gasteiger partial charge < -0.3 is 14.8 Å². The number of alkyl halides is 3. The molecule has 0 bridgehead atoms. The summed E-state index contributed by atoms with van der Waals surface area (Å²) in [6.45, 7) is 0.918. The first-order valence-corrected chi connectivity index (χ1v) is 9.49. The molecular weight excluding hydrogens is 387 g/mol. The number of anilines is 1. The van der Waals surface area contributed by atoms with E-state index >= 15 is 0 Å². The first kappa shape index (κ1) is 19.4. The maximum Gasteiger partial charge on any atom is 0.433 e. The topological polar surface area (TPSA) is 82.2 Å². The molecule has 1 saturated heterocycles. The monoisotopic (exact) mass is 407 g/mol. The molecule has 0 spiro atoms. The number of amides is 1. The summed E-state index contributed by atoms with van der Waals surface area (Å²) >= 11 is 0. The van der Waals surface area contributed by atoms with Gasteiger partial charge in [-0.15, -0.1) is 0 Å². The Kier molecular flexibility index (Phi) is 5.01. The molecule has 0 aromatic carbocycles. The number of halogens is 3. The van der Waals surface area contributed by atoms with Crippen molar-refractivity contribution < 1.29 is 18.0 Å². The van der Waals surface area contributed by atoms with E-state index in [2.05, 4.69) is 15.0 Å². The molecule has 4 rings (SSSR count). The zero-order valence-electron chi connectivity index (χ0n) is 15.5. The number of nitrogens with zero attached hydrogens (tertiary/aromatic N) is 4. The van der Waals surface area contributed by atoms with Crippen LogP contribution in [0.4, 0.5) is 19.0 Å². The van der Waals surface area contributed by atoms with Crippen molar-refractivity contribution in [1.82, 2.24) is 19.9 Å². The number of rotatable bonds is 4. The summed E-state index contributed by atoms with van der Waals surface area (Å²) in [5.41, 5.74) is -1.05. The van der Waals surface area contributed by atoms with Crippen LogP contribution in [0.15, 0.2) is 35.4 Å². The van der Waals surface area contributed by atoms with Gasteiger partial charge in [-0.3, -0.25) is 9.59 Å². The molecule has 1 N–H and O–H groups in total. The summed E-state index contributed by atoms with van der Waals surface area (Å²) < 4.78 is 39.1. The number of carbonyl (C=O) groups is 1. The van der Waals surface area contributed by atoms with Crippen LogP contribution in [0, 0.1) is 0 Å². The average Bonchev–Trinajstić information content (AvgIpc) is 3.53. The number of nitrogens with one attached hydrogen (secondary N) is 1. The molecule has 154 valence electrons. The summed E-state index contributed by atoms with van der Waals surface area (Å²) in [6, 6.07) is 5.60. The lowest BCUT2D eigenvalue weighted by Crippen LogP contribution is -2.48. The Labute approximate surface area is 164 Å². The highest BCUT2D eigenvalue weighted by Gasteiger charge is 2.39. The maximum absolute atomic E-state index is 13.0. The first-order valence-electron chi connectivity index (χ1n) is 9.49. The van der Waals surface area contributed by atoms with Gasteiger partial charge in [-0.1, -0.05) is 6.07 Å². The molecule has 0 atom stereocenters. The lowest BCUT2D eigenvalue weighted by Gasteiger charge is -2.39. The Hall–Kier alpha value is -2.91. The first-order chi connectivity index (χ1) is 13.8. The predicted octanol–water partition coefficient (Wildman–Crippen LogP) is 2.46. The molecule has 0 unspecified atom stereocenters. The van der Waals surface area contributed by atoms with E-state index < -0.39 is 11.9 Å². The van der Waals surface area contributed by atoms with Crippen molar-refractivity contribution in [2.24, 2.45) is 0 Å². The van der Waals surface area contributed by atoms with Crippen LogP contribution in [0.3, 0.4) is 0 Å². The molecule has 2 aromatic heterocycles. The van der Waals surface area contributed by atoms with E-state index in [1.165, 1.54) is 12.1 Å². The molecular formula is C19H20F3N5O2. The molecule has 0 radical (unpaired) electrons. The van der Waals surface area contributed by atoms with Crippen LogP contribution in [0.25, 0.3) is 0 Å². The Balaban J connectivity index is 1.48. The number of piperidine rings is 1. The standard InChI is InChI=1S/C19H20F3N5O2/c20-19(21,22)15-10-16(24-11-23-15)27(12-4-5-12)13-6-8-26(9-7-13)18(29)14-2-1-3-17(28)25-14/h1-3,10-13H,4-9H2,(H,25,28). The highest BCUT2D eigenvalue weighted by atomic mass is 19.4. The summed E-state index contributed by atoms with van der Waals surface area (Å²) in [4.78, 5) is 37.6. The van der Waals surface area contributed by atoms with Gasteiger partial charge in [0.15, 0.2) is 0 Å². The fourth-order valence-electron chi connectivity index (χ4n) is 3.76. The minimum absolute atomic E-state index is 0.00245. The molecule has 7 nitrogen and oxygen atoms in total. The number of H-pyrrole nitrogens is 1. The van der Waals surface area contributed by atoms with Crippen molar-refractivity contribution in [3.05, 3.63) is 52.3 Å². The highest BCUT2D eigenvalue weighted by molar-refractivity contribution is 5.92. The van der Waals surface area contributed by atoms with Gasteiger partial charge in [0.25, 0.3) is 5.91 Å². The largest absolute Gasteiger partial charge is 0.433 e. The summed E-state index contributed by atoms with van der Waals surface area (Å²) in [6.07, 6.45) is -0.506. The molecule has 1 saturated carbocycles.